The minimum atomic E-state index is -0.563. The van der Waals surface area contributed by atoms with Crippen LogP contribution in [0.4, 0.5) is 10.2 Å². The normalized spacial score (nSPS) is 17.4. The average molecular weight is 266 g/mol. The van der Waals surface area contributed by atoms with Crippen LogP contribution in [0.3, 0.4) is 0 Å². The van der Waals surface area contributed by atoms with Crippen molar-refractivity contribution in [3.8, 4) is 0 Å². The summed E-state index contributed by atoms with van der Waals surface area (Å²) in [5, 5.41) is 2.78. The number of carbonyl (C=O) groups excluding carboxylic acids is 1. The number of likely N-dealkylation sites (tertiary alicyclic amines) is 1. The maximum absolute atomic E-state index is 13.0. The Balaban J connectivity index is 1.91. The number of hydrogen-bond acceptors (Lipinski definition) is 4. The first-order valence-corrected chi connectivity index (χ1v) is 6.51. The predicted molar refractivity (Wildman–Crippen MR) is 71.2 cm³/mol. The lowest BCUT2D eigenvalue weighted by atomic mass is 10.2. The lowest BCUT2D eigenvalue weighted by Gasteiger charge is -2.23. The quantitative estimate of drug-likeness (QED) is 0.853. The van der Waals surface area contributed by atoms with Gasteiger partial charge in [0, 0.05) is 12.6 Å². The molecular weight excluding hydrogens is 247 g/mol. The first-order chi connectivity index (χ1) is 9.08. The van der Waals surface area contributed by atoms with Crippen molar-refractivity contribution in [2.75, 3.05) is 25.4 Å². The minimum absolute atomic E-state index is 0.0488. The van der Waals surface area contributed by atoms with E-state index in [0.29, 0.717) is 6.54 Å². The summed E-state index contributed by atoms with van der Waals surface area (Å²) in [6.45, 7) is 4.73. The number of anilines is 1. The van der Waals surface area contributed by atoms with Gasteiger partial charge in [0.15, 0.2) is 0 Å². The smallest absolute Gasteiger partial charge is 0.255 e. The fourth-order valence-electron chi connectivity index (χ4n) is 2.28. The second-order valence-corrected chi connectivity index (χ2v) is 4.89. The molecule has 1 aromatic rings. The third-order valence-corrected chi connectivity index (χ3v) is 3.45. The highest BCUT2D eigenvalue weighted by Crippen LogP contribution is 2.12. The van der Waals surface area contributed by atoms with E-state index in [-0.39, 0.29) is 23.3 Å². The second kappa shape index (κ2) is 5.97. The van der Waals surface area contributed by atoms with Crippen LogP contribution in [0, 0.1) is 5.82 Å². The van der Waals surface area contributed by atoms with Crippen molar-refractivity contribution in [1.82, 2.24) is 15.2 Å². The number of amides is 1. The predicted octanol–water partition coefficient (Wildman–Crippen LogP) is 1.02. The van der Waals surface area contributed by atoms with Gasteiger partial charge in [0.25, 0.3) is 5.91 Å². The van der Waals surface area contributed by atoms with Gasteiger partial charge in [-0.3, -0.25) is 9.69 Å². The van der Waals surface area contributed by atoms with Crippen LogP contribution in [-0.2, 0) is 0 Å². The zero-order valence-electron chi connectivity index (χ0n) is 11.0. The molecule has 0 radical (unpaired) electrons. The molecule has 5 nitrogen and oxygen atoms in total. The highest BCUT2D eigenvalue weighted by molar-refractivity contribution is 5.98. The Labute approximate surface area is 112 Å². The van der Waals surface area contributed by atoms with E-state index in [0.717, 1.165) is 25.4 Å². The summed E-state index contributed by atoms with van der Waals surface area (Å²) in [6.07, 6.45) is 3.41. The Morgan fingerprint density at radius 3 is 2.95 bits per heavy atom. The Bertz CT molecular complexity index is 460. The molecule has 3 N–H and O–H groups in total. The molecule has 0 aromatic carbocycles. The van der Waals surface area contributed by atoms with Crippen LogP contribution in [0.5, 0.6) is 0 Å². The summed E-state index contributed by atoms with van der Waals surface area (Å²) >= 11 is 0. The van der Waals surface area contributed by atoms with Crippen LogP contribution in [0.15, 0.2) is 12.3 Å². The fourth-order valence-corrected chi connectivity index (χ4v) is 2.28. The van der Waals surface area contributed by atoms with Crippen LogP contribution in [0.1, 0.15) is 30.1 Å². The summed E-state index contributed by atoms with van der Waals surface area (Å²) in [5.74, 6) is -0.893. The summed E-state index contributed by atoms with van der Waals surface area (Å²) in [7, 11) is 0. The molecule has 1 amide bonds. The van der Waals surface area contributed by atoms with Gasteiger partial charge in [-0.15, -0.1) is 0 Å². The summed E-state index contributed by atoms with van der Waals surface area (Å²) in [5.41, 5.74) is 5.66. The molecule has 0 aliphatic carbocycles. The first kappa shape index (κ1) is 13.7. The van der Waals surface area contributed by atoms with Gasteiger partial charge in [-0.2, -0.15) is 0 Å². The zero-order chi connectivity index (χ0) is 13.8. The van der Waals surface area contributed by atoms with Crippen LogP contribution >= 0.6 is 0 Å². The third kappa shape index (κ3) is 3.41. The van der Waals surface area contributed by atoms with Crippen molar-refractivity contribution in [2.45, 2.75) is 25.8 Å². The van der Waals surface area contributed by atoms with E-state index >= 15 is 0 Å². The monoisotopic (exact) mass is 266 g/mol. The van der Waals surface area contributed by atoms with E-state index in [1.54, 1.807) is 0 Å². The molecule has 2 rings (SSSR count). The molecule has 19 heavy (non-hydrogen) atoms. The van der Waals surface area contributed by atoms with Crippen molar-refractivity contribution in [2.24, 2.45) is 0 Å². The van der Waals surface area contributed by atoms with Crippen molar-refractivity contribution < 1.29 is 9.18 Å². The standard InChI is InChI=1S/C13H19FN4O/c1-9(18-4-2-3-5-18)7-17-13(19)11-6-10(14)8-16-12(11)15/h6,8-9H,2-5,7H2,1H3,(H2,15,16)(H,17,19). The number of carbonyl (C=O) groups is 1. The minimum Gasteiger partial charge on any atom is -0.383 e. The molecule has 0 spiro atoms. The first-order valence-electron chi connectivity index (χ1n) is 6.51. The Morgan fingerprint density at radius 1 is 1.58 bits per heavy atom. The van der Waals surface area contributed by atoms with Gasteiger partial charge in [-0.05, 0) is 38.9 Å². The number of nitrogens with two attached hydrogens (primary N) is 1. The van der Waals surface area contributed by atoms with Gasteiger partial charge in [-0.25, -0.2) is 9.37 Å². The van der Waals surface area contributed by atoms with Crippen LogP contribution < -0.4 is 11.1 Å². The number of aromatic nitrogens is 1. The van der Waals surface area contributed by atoms with Crippen molar-refractivity contribution in [3.05, 3.63) is 23.6 Å². The van der Waals surface area contributed by atoms with Crippen LogP contribution in [0.25, 0.3) is 0 Å². The van der Waals surface area contributed by atoms with Crippen LogP contribution in [-0.4, -0.2) is 41.5 Å². The summed E-state index contributed by atoms with van der Waals surface area (Å²) in [4.78, 5) is 17.9. The number of nitrogens with one attached hydrogen (secondary N) is 1. The van der Waals surface area contributed by atoms with Crippen molar-refractivity contribution in [1.29, 1.82) is 0 Å². The molecule has 6 heteroatoms. The SMILES string of the molecule is CC(CNC(=O)c1cc(F)cnc1N)N1CCCC1. The molecule has 0 saturated carbocycles. The Kier molecular flexibility index (Phi) is 4.31. The Morgan fingerprint density at radius 2 is 2.26 bits per heavy atom. The molecule has 1 aliphatic heterocycles. The van der Waals surface area contributed by atoms with E-state index in [2.05, 4.69) is 22.1 Å². The number of hydrogen-bond donors (Lipinski definition) is 2. The number of rotatable bonds is 4. The fraction of sp³-hybridized carbons (Fsp3) is 0.538. The largest absolute Gasteiger partial charge is 0.383 e. The van der Waals surface area contributed by atoms with Gasteiger partial charge in [0.1, 0.15) is 11.6 Å². The topological polar surface area (TPSA) is 71.2 Å². The van der Waals surface area contributed by atoms with E-state index in [9.17, 15) is 9.18 Å². The Hall–Kier alpha value is -1.69. The molecule has 1 saturated heterocycles. The van der Waals surface area contributed by atoms with Gasteiger partial charge in [0.05, 0.1) is 11.8 Å². The van der Waals surface area contributed by atoms with Crippen LogP contribution in [0.2, 0.25) is 0 Å². The molecule has 2 heterocycles. The molecule has 1 fully saturated rings. The number of nitrogen functional groups attached to an aromatic ring is 1. The molecule has 1 unspecified atom stereocenters. The highest BCUT2D eigenvalue weighted by atomic mass is 19.1. The van der Waals surface area contributed by atoms with Gasteiger partial charge < -0.3 is 11.1 Å². The van der Waals surface area contributed by atoms with E-state index in [1.165, 1.54) is 12.8 Å². The van der Waals surface area contributed by atoms with Crippen molar-refractivity contribution in [3.63, 3.8) is 0 Å². The molecule has 1 aliphatic rings. The van der Waals surface area contributed by atoms with Gasteiger partial charge >= 0.3 is 0 Å². The van der Waals surface area contributed by atoms with E-state index in [1.807, 2.05) is 0 Å². The third-order valence-electron chi connectivity index (χ3n) is 3.45. The second-order valence-electron chi connectivity index (χ2n) is 4.89. The van der Waals surface area contributed by atoms with Gasteiger partial charge in [0.2, 0.25) is 0 Å². The molecule has 1 aromatic heterocycles. The molecule has 104 valence electrons. The molecule has 0 bridgehead atoms. The zero-order valence-corrected chi connectivity index (χ0v) is 11.0. The highest BCUT2D eigenvalue weighted by Gasteiger charge is 2.19. The number of halogens is 1. The maximum atomic E-state index is 13.0. The average Bonchev–Trinajstić information content (AvgIpc) is 2.92. The summed E-state index contributed by atoms with van der Waals surface area (Å²) < 4.78 is 13.0. The van der Waals surface area contributed by atoms with E-state index < -0.39 is 5.82 Å². The lowest BCUT2D eigenvalue weighted by Crippen LogP contribution is -2.40. The maximum Gasteiger partial charge on any atom is 0.255 e. The molecular formula is C13H19FN4O. The summed E-state index contributed by atoms with van der Waals surface area (Å²) in [6, 6.07) is 1.38. The van der Waals surface area contributed by atoms with Gasteiger partial charge in [-0.1, -0.05) is 0 Å². The molecule has 1 atom stereocenters. The number of nitrogens with zero attached hydrogens (tertiary/aromatic N) is 2. The van der Waals surface area contributed by atoms with Crippen molar-refractivity contribution >= 4 is 11.7 Å². The van der Waals surface area contributed by atoms with E-state index in [4.69, 9.17) is 5.73 Å². The number of pyridine rings is 1. The lowest BCUT2D eigenvalue weighted by molar-refractivity contribution is 0.0940.